The second-order valence-corrected chi connectivity index (χ2v) is 6.77. The summed E-state index contributed by atoms with van der Waals surface area (Å²) >= 11 is 5.78. The Kier molecular flexibility index (Phi) is 3.64. The molecule has 1 aromatic carbocycles. The largest absolute Gasteiger partial charge is 0.367 e. The summed E-state index contributed by atoms with van der Waals surface area (Å²) in [6, 6.07) is 7.63. The van der Waals surface area contributed by atoms with Gasteiger partial charge in [-0.2, -0.15) is 0 Å². The van der Waals surface area contributed by atoms with Crippen LogP contribution in [0.5, 0.6) is 0 Å². The zero-order valence-corrected chi connectivity index (χ0v) is 11.3. The van der Waals surface area contributed by atoms with Gasteiger partial charge in [-0.1, -0.05) is 0 Å². The third-order valence-electron chi connectivity index (χ3n) is 2.91. The molecule has 0 spiro atoms. The van der Waals surface area contributed by atoms with Gasteiger partial charge in [0.15, 0.2) is 9.84 Å². The van der Waals surface area contributed by atoms with E-state index < -0.39 is 9.84 Å². The number of benzene rings is 1. The maximum atomic E-state index is 11.4. The quantitative estimate of drug-likeness (QED) is 0.773. The number of hydrogen-bond acceptors (Lipinski definition) is 3. The van der Waals surface area contributed by atoms with Crippen LogP contribution >= 0.6 is 11.6 Å². The average Bonchev–Trinajstić information content (AvgIpc) is 3.09. The van der Waals surface area contributed by atoms with E-state index in [2.05, 4.69) is 4.90 Å². The molecule has 0 aromatic heterocycles. The molecule has 0 bridgehead atoms. The molecule has 0 radical (unpaired) electrons. The minimum Gasteiger partial charge on any atom is -0.367 e. The summed E-state index contributed by atoms with van der Waals surface area (Å²) in [4.78, 5) is 2.61. The molecular weight excluding hydrogens is 258 g/mol. The summed E-state index contributed by atoms with van der Waals surface area (Å²) in [5.74, 6) is 0.588. The first-order valence-corrected chi connectivity index (χ1v) is 8.07. The van der Waals surface area contributed by atoms with Gasteiger partial charge in [-0.25, -0.2) is 8.42 Å². The molecule has 17 heavy (non-hydrogen) atoms. The van der Waals surface area contributed by atoms with Gasteiger partial charge >= 0.3 is 0 Å². The van der Waals surface area contributed by atoms with Crippen molar-refractivity contribution in [1.82, 2.24) is 0 Å². The van der Waals surface area contributed by atoms with Crippen molar-refractivity contribution in [2.45, 2.75) is 23.8 Å². The van der Waals surface area contributed by atoms with Crippen molar-refractivity contribution in [3.05, 3.63) is 24.3 Å². The Labute approximate surface area is 107 Å². The third-order valence-corrected chi connectivity index (χ3v) is 4.21. The number of nitrogens with zero attached hydrogens (tertiary/aromatic N) is 1. The predicted molar refractivity (Wildman–Crippen MR) is 70.6 cm³/mol. The lowest BCUT2D eigenvalue weighted by Crippen LogP contribution is -2.27. The van der Waals surface area contributed by atoms with E-state index in [1.54, 1.807) is 12.1 Å². The summed E-state index contributed by atoms with van der Waals surface area (Å²) in [6.07, 6.45) is 3.62. The standard InChI is InChI=1S/C12H16ClNO2S/c1-17(15,16)12-6-4-11(5-7-12)14(9-8-13)10-2-3-10/h4-7,10H,2-3,8-9H2,1H3. The first-order valence-electron chi connectivity index (χ1n) is 5.65. The minimum absolute atomic E-state index is 0.364. The molecule has 0 aliphatic heterocycles. The van der Waals surface area contributed by atoms with Gasteiger partial charge in [0.25, 0.3) is 0 Å². The van der Waals surface area contributed by atoms with Crippen LogP contribution in [0, 0.1) is 0 Å². The van der Waals surface area contributed by atoms with Crippen LogP contribution in [0.25, 0.3) is 0 Å². The van der Waals surface area contributed by atoms with E-state index in [0.29, 0.717) is 16.8 Å². The van der Waals surface area contributed by atoms with E-state index in [0.717, 1.165) is 12.2 Å². The molecule has 1 fully saturated rings. The predicted octanol–water partition coefficient (Wildman–Crippen LogP) is 2.30. The van der Waals surface area contributed by atoms with Gasteiger partial charge < -0.3 is 4.90 Å². The van der Waals surface area contributed by atoms with E-state index in [4.69, 9.17) is 11.6 Å². The van der Waals surface area contributed by atoms with Crippen molar-refractivity contribution in [3.63, 3.8) is 0 Å². The number of halogens is 1. The normalized spacial score (nSPS) is 15.9. The summed E-state index contributed by atoms with van der Waals surface area (Å²) < 4.78 is 22.7. The molecule has 0 atom stereocenters. The Morgan fingerprint density at radius 2 is 1.88 bits per heavy atom. The van der Waals surface area contributed by atoms with E-state index in [1.807, 2.05) is 12.1 Å². The van der Waals surface area contributed by atoms with Crippen LogP contribution in [-0.4, -0.2) is 33.1 Å². The number of hydrogen-bond donors (Lipinski definition) is 0. The molecule has 1 aromatic rings. The molecule has 94 valence electrons. The maximum Gasteiger partial charge on any atom is 0.175 e. The first kappa shape index (κ1) is 12.7. The van der Waals surface area contributed by atoms with E-state index in [-0.39, 0.29) is 0 Å². The molecule has 1 aliphatic carbocycles. The lowest BCUT2D eigenvalue weighted by Gasteiger charge is -2.23. The molecule has 0 saturated heterocycles. The van der Waals surface area contributed by atoms with E-state index >= 15 is 0 Å². The molecule has 1 saturated carbocycles. The van der Waals surface area contributed by atoms with Gasteiger partial charge in [-0.15, -0.1) is 11.6 Å². The molecule has 0 unspecified atom stereocenters. The molecule has 0 N–H and O–H groups in total. The number of sulfone groups is 1. The summed E-state index contributed by atoms with van der Waals surface area (Å²) in [5, 5.41) is 0. The van der Waals surface area contributed by atoms with Gasteiger partial charge in [0, 0.05) is 30.4 Å². The Bertz CT molecular complexity index is 480. The Morgan fingerprint density at radius 3 is 2.29 bits per heavy atom. The third kappa shape index (κ3) is 3.13. The van der Waals surface area contributed by atoms with Crippen molar-refractivity contribution in [1.29, 1.82) is 0 Å². The van der Waals surface area contributed by atoms with Crippen LogP contribution in [0.1, 0.15) is 12.8 Å². The monoisotopic (exact) mass is 273 g/mol. The van der Waals surface area contributed by atoms with Gasteiger partial charge in [-0.3, -0.25) is 0 Å². The van der Waals surface area contributed by atoms with E-state index in [9.17, 15) is 8.42 Å². The van der Waals surface area contributed by atoms with Crippen LogP contribution in [0.2, 0.25) is 0 Å². The van der Waals surface area contributed by atoms with Crippen LogP contribution in [0.15, 0.2) is 29.2 Å². The van der Waals surface area contributed by atoms with Crippen LogP contribution in [0.3, 0.4) is 0 Å². The van der Waals surface area contributed by atoms with Crippen molar-refractivity contribution in [3.8, 4) is 0 Å². The van der Waals surface area contributed by atoms with Gasteiger partial charge in [0.05, 0.1) is 4.90 Å². The summed E-state index contributed by atoms with van der Waals surface area (Å²) in [6.45, 7) is 0.810. The topological polar surface area (TPSA) is 37.4 Å². The smallest absolute Gasteiger partial charge is 0.175 e. The Morgan fingerprint density at radius 1 is 1.29 bits per heavy atom. The molecular formula is C12H16ClNO2S. The zero-order valence-electron chi connectivity index (χ0n) is 9.77. The molecule has 5 heteroatoms. The SMILES string of the molecule is CS(=O)(=O)c1ccc(N(CCCl)C2CC2)cc1. The average molecular weight is 274 g/mol. The summed E-state index contributed by atoms with van der Waals surface area (Å²) in [5.41, 5.74) is 1.06. The minimum atomic E-state index is -3.11. The number of anilines is 1. The highest BCUT2D eigenvalue weighted by Gasteiger charge is 2.28. The lowest BCUT2D eigenvalue weighted by atomic mass is 10.3. The lowest BCUT2D eigenvalue weighted by molar-refractivity contribution is 0.602. The molecule has 0 heterocycles. The van der Waals surface area contributed by atoms with Crippen LogP contribution in [0.4, 0.5) is 5.69 Å². The fraction of sp³-hybridized carbons (Fsp3) is 0.500. The van der Waals surface area contributed by atoms with Crippen molar-refractivity contribution >= 4 is 27.1 Å². The highest BCUT2D eigenvalue weighted by molar-refractivity contribution is 7.90. The number of alkyl halides is 1. The highest BCUT2D eigenvalue weighted by Crippen LogP contribution is 2.31. The first-order chi connectivity index (χ1) is 8.02. The number of rotatable bonds is 5. The van der Waals surface area contributed by atoms with Crippen molar-refractivity contribution < 1.29 is 8.42 Å². The Hall–Kier alpha value is -0.740. The fourth-order valence-electron chi connectivity index (χ4n) is 1.88. The zero-order chi connectivity index (χ0) is 12.5. The highest BCUT2D eigenvalue weighted by atomic mass is 35.5. The van der Waals surface area contributed by atoms with Gasteiger partial charge in [0.2, 0.25) is 0 Å². The molecule has 2 rings (SSSR count). The molecule has 1 aliphatic rings. The van der Waals surface area contributed by atoms with Gasteiger partial charge in [0.1, 0.15) is 0 Å². The second-order valence-electron chi connectivity index (χ2n) is 4.38. The summed E-state index contributed by atoms with van der Waals surface area (Å²) in [7, 11) is -3.11. The van der Waals surface area contributed by atoms with Gasteiger partial charge in [-0.05, 0) is 37.1 Å². The Balaban J connectivity index is 2.21. The fourth-order valence-corrected chi connectivity index (χ4v) is 2.70. The molecule has 0 amide bonds. The van der Waals surface area contributed by atoms with Crippen molar-refractivity contribution in [2.24, 2.45) is 0 Å². The molecule has 3 nitrogen and oxygen atoms in total. The maximum absolute atomic E-state index is 11.4. The van der Waals surface area contributed by atoms with Crippen LogP contribution < -0.4 is 4.90 Å². The van der Waals surface area contributed by atoms with Crippen LogP contribution in [-0.2, 0) is 9.84 Å². The second kappa shape index (κ2) is 4.86. The van der Waals surface area contributed by atoms with E-state index in [1.165, 1.54) is 19.1 Å². The van der Waals surface area contributed by atoms with Crippen molar-refractivity contribution in [2.75, 3.05) is 23.6 Å².